The highest BCUT2D eigenvalue weighted by Gasteiger charge is 2.37. The number of unbranched alkanes of at least 4 members (excludes halogenated alkanes) is 1. The molecule has 0 aliphatic heterocycles. The van der Waals surface area contributed by atoms with Crippen molar-refractivity contribution in [1.29, 1.82) is 0 Å². The molecule has 8 heteroatoms. The van der Waals surface area contributed by atoms with Crippen LogP contribution in [0, 0.1) is 0 Å². The zero-order chi connectivity index (χ0) is 22.4. The Balaban J connectivity index is 1.58. The number of carboxylic acid groups (broad SMARTS) is 1. The van der Waals surface area contributed by atoms with Crippen molar-refractivity contribution in [3.05, 3.63) is 58.8 Å². The van der Waals surface area contributed by atoms with Gasteiger partial charge < -0.3 is 14.4 Å². The van der Waals surface area contributed by atoms with E-state index in [1.165, 1.54) is 6.07 Å². The highest BCUT2D eigenvalue weighted by Crippen LogP contribution is 2.38. The third kappa shape index (κ3) is 5.77. The molecule has 0 spiro atoms. The smallest absolute Gasteiger partial charge is 0.437 e. The molecule has 1 heterocycles. The number of carboxylic acids is 1. The molecule has 1 aromatic heterocycles. The fraction of sp³-hybridized carbons (Fsp3) is 0.391. The molecule has 1 N–H and O–H groups in total. The molecule has 0 saturated heterocycles. The van der Waals surface area contributed by atoms with Crippen LogP contribution in [0.3, 0.4) is 0 Å². The average Bonchev–Trinajstić information content (AvgIpc) is 3.15. The topological polar surface area (TPSA) is 72.6 Å². The van der Waals surface area contributed by atoms with Gasteiger partial charge in [0.2, 0.25) is 0 Å². The van der Waals surface area contributed by atoms with Gasteiger partial charge in [-0.3, -0.25) is 4.79 Å². The van der Waals surface area contributed by atoms with E-state index in [9.17, 15) is 18.0 Å². The van der Waals surface area contributed by atoms with Gasteiger partial charge in [-0.1, -0.05) is 42.8 Å². The second-order valence-electron chi connectivity index (χ2n) is 7.39. The Labute approximate surface area is 177 Å². The first-order valence-electron chi connectivity index (χ1n) is 10.2. The SMILES string of the molecule is CCCc1c(OCCCCc2ccc(CC(=O)O)cc2)ccc2c(C(F)(F)F)noc12. The van der Waals surface area contributed by atoms with Crippen LogP contribution in [0.5, 0.6) is 5.75 Å². The normalized spacial score (nSPS) is 11.7. The molecule has 0 fully saturated rings. The van der Waals surface area contributed by atoms with Crippen LogP contribution in [0.15, 0.2) is 40.9 Å². The first-order chi connectivity index (χ1) is 14.8. The zero-order valence-corrected chi connectivity index (χ0v) is 17.2. The van der Waals surface area contributed by atoms with Crippen molar-refractivity contribution in [2.45, 2.75) is 51.6 Å². The van der Waals surface area contributed by atoms with Crippen molar-refractivity contribution in [3.8, 4) is 5.75 Å². The van der Waals surface area contributed by atoms with Gasteiger partial charge >= 0.3 is 12.1 Å². The van der Waals surface area contributed by atoms with Gasteiger partial charge in [-0.2, -0.15) is 13.2 Å². The van der Waals surface area contributed by atoms with E-state index in [0.717, 1.165) is 36.8 Å². The lowest BCUT2D eigenvalue weighted by molar-refractivity contribution is -0.141. The van der Waals surface area contributed by atoms with Gasteiger partial charge in [0, 0.05) is 5.56 Å². The summed E-state index contributed by atoms with van der Waals surface area (Å²) in [4.78, 5) is 10.7. The molecule has 0 amide bonds. The number of aromatic nitrogens is 1. The van der Waals surface area contributed by atoms with Gasteiger partial charge in [0.1, 0.15) is 5.75 Å². The molecule has 166 valence electrons. The third-order valence-corrected chi connectivity index (χ3v) is 4.97. The Morgan fingerprint density at radius 3 is 2.42 bits per heavy atom. The van der Waals surface area contributed by atoms with Gasteiger partial charge in [-0.25, -0.2) is 0 Å². The lowest BCUT2D eigenvalue weighted by atomic mass is 10.0. The first kappa shape index (κ1) is 22.7. The number of hydrogen-bond donors (Lipinski definition) is 1. The number of nitrogens with zero attached hydrogens (tertiary/aromatic N) is 1. The molecule has 0 aliphatic carbocycles. The minimum absolute atomic E-state index is 0.00814. The van der Waals surface area contributed by atoms with Crippen molar-refractivity contribution in [3.63, 3.8) is 0 Å². The van der Waals surface area contributed by atoms with E-state index in [1.54, 1.807) is 6.07 Å². The lowest BCUT2D eigenvalue weighted by Gasteiger charge is -2.12. The monoisotopic (exact) mass is 435 g/mol. The van der Waals surface area contributed by atoms with Crippen LogP contribution in [0.25, 0.3) is 11.0 Å². The van der Waals surface area contributed by atoms with E-state index in [2.05, 4.69) is 5.16 Å². The minimum atomic E-state index is -4.57. The summed E-state index contributed by atoms with van der Waals surface area (Å²) in [6.45, 7) is 2.37. The highest BCUT2D eigenvalue weighted by atomic mass is 19.4. The number of aliphatic carboxylic acids is 1. The number of aryl methyl sites for hydroxylation is 2. The molecule has 0 saturated carbocycles. The van der Waals surface area contributed by atoms with Crippen molar-refractivity contribution in [1.82, 2.24) is 5.16 Å². The quantitative estimate of drug-likeness (QED) is 0.406. The first-order valence-corrected chi connectivity index (χ1v) is 10.2. The Kier molecular flexibility index (Phi) is 7.20. The third-order valence-electron chi connectivity index (χ3n) is 4.97. The predicted octanol–water partition coefficient (Wildman–Crippen LogP) is 5.83. The maximum Gasteiger partial charge on any atom is 0.437 e. The fourth-order valence-corrected chi connectivity index (χ4v) is 3.48. The Morgan fingerprint density at radius 2 is 1.77 bits per heavy atom. The van der Waals surface area contributed by atoms with Crippen LogP contribution in [0.4, 0.5) is 13.2 Å². The molecule has 5 nitrogen and oxygen atoms in total. The maximum absolute atomic E-state index is 13.1. The van der Waals surface area contributed by atoms with Gasteiger partial charge in [-0.05, 0) is 48.9 Å². The van der Waals surface area contributed by atoms with E-state index < -0.39 is 17.8 Å². The molecular weight excluding hydrogens is 411 g/mol. The van der Waals surface area contributed by atoms with E-state index in [1.807, 2.05) is 31.2 Å². The lowest BCUT2D eigenvalue weighted by Crippen LogP contribution is -2.06. The standard InChI is InChI=1S/C23H24F3NO4/c1-2-5-17-19(12-11-18-21(17)31-27-22(18)23(24,25)26)30-13-4-3-6-15-7-9-16(10-8-15)14-20(28)29/h7-12H,2-6,13-14H2,1H3,(H,28,29). The van der Waals surface area contributed by atoms with E-state index in [-0.39, 0.29) is 17.4 Å². The molecule has 0 aliphatic rings. The number of fused-ring (bicyclic) bond motifs is 1. The highest BCUT2D eigenvalue weighted by molar-refractivity contribution is 5.85. The number of halogens is 3. The van der Waals surface area contributed by atoms with Crippen LogP contribution in [0.2, 0.25) is 0 Å². The second kappa shape index (κ2) is 9.85. The van der Waals surface area contributed by atoms with Crippen LogP contribution in [0.1, 0.15) is 48.6 Å². The van der Waals surface area contributed by atoms with Crippen molar-refractivity contribution >= 4 is 16.9 Å². The Morgan fingerprint density at radius 1 is 1.06 bits per heavy atom. The summed E-state index contributed by atoms with van der Waals surface area (Å²) in [7, 11) is 0. The van der Waals surface area contributed by atoms with E-state index >= 15 is 0 Å². The Hall–Kier alpha value is -3.03. The van der Waals surface area contributed by atoms with Gasteiger partial charge in [0.05, 0.1) is 18.4 Å². The summed E-state index contributed by atoms with van der Waals surface area (Å²) in [5, 5.41) is 12.0. The number of rotatable bonds is 10. The summed E-state index contributed by atoms with van der Waals surface area (Å²) < 4.78 is 50.2. The minimum Gasteiger partial charge on any atom is -0.493 e. The zero-order valence-electron chi connectivity index (χ0n) is 17.2. The number of alkyl halides is 3. The molecule has 0 bridgehead atoms. The summed E-state index contributed by atoms with van der Waals surface area (Å²) in [6, 6.07) is 10.4. The molecule has 31 heavy (non-hydrogen) atoms. The van der Waals surface area contributed by atoms with E-state index in [0.29, 0.717) is 24.3 Å². The van der Waals surface area contributed by atoms with Crippen LogP contribution < -0.4 is 4.74 Å². The van der Waals surface area contributed by atoms with Crippen molar-refractivity contribution in [2.24, 2.45) is 0 Å². The largest absolute Gasteiger partial charge is 0.493 e. The Bertz CT molecular complexity index is 1030. The van der Waals surface area contributed by atoms with Crippen molar-refractivity contribution < 1.29 is 32.3 Å². The van der Waals surface area contributed by atoms with Crippen LogP contribution in [-0.2, 0) is 30.2 Å². The molecule has 0 unspecified atom stereocenters. The summed E-state index contributed by atoms with van der Waals surface area (Å²) in [5.41, 5.74) is 1.61. The number of hydrogen-bond acceptors (Lipinski definition) is 4. The van der Waals surface area contributed by atoms with Gasteiger partial charge in [0.25, 0.3) is 0 Å². The maximum atomic E-state index is 13.1. The molecular formula is C23H24F3NO4. The molecule has 3 rings (SSSR count). The average molecular weight is 435 g/mol. The number of carbonyl (C=O) groups is 1. The number of benzene rings is 2. The molecule has 2 aromatic carbocycles. The van der Waals surface area contributed by atoms with Gasteiger partial charge in [-0.15, -0.1) is 0 Å². The second-order valence-corrected chi connectivity index (χ2v) is 7.39. The summed E-state index contributed by atoms with van der Waals surface area (Å²) >= 11 is 0. The summed E-state index contributed by atoms with van der Waals surface area (Å²) in [6.07, 6.45) is -0.835. The van der Waals surface area contributed by atoms with Gasteiger partial charge in [0.15, 0.2) is 11.3 Å². The van der Waals surface area contributed by atoms with E-state index in [4.69, 9.17) is 14.4 Å². The van der Waals surface area contributed by atoms with Crippen molar-refractivity contribution in [2.75, 3.05) is 6.61 Å². The van der Waals surface area contributed by atoms with Crippen LogP contribution >= 0.6 is 0 Å². The number of ether oxygens (including phenoxy) is 1. The molecule has 0 radical (unpaired) electrons. The van der Waals surface area contributed by atoms with Crippen LogP contribution in [-0.4, -0.2) is 22.8 Å². The molecule has 3 aromatic rings. The predicted molar refractivity (Wildman–Crippen MR) is 109 cm³/mol. The summed E-state index contributed by atoms with van der Waals surface area (Å²) in [5.74, 6) is -0.331. The fourth-order valence-electron chi connectivity index (χ4n) is 3.48. The molecule has 0 atom stereocenters.